The fourth-order valence-corrected chi connectivity index (χ4v) is 3.64. The molecule has 2 N–H and O–H groups in total. The van der Waals surface area contributed by atoms with E-state index in [1.165, 1.54) is 0 Å². The van der Waals surface area contributed by atoms with Gasteiger partial charge < -0.3 is 5.73 Å². The molecular formula is C12H18F2N2O2S. The Hall–Kier alpha value is -1.21. The molecule has 0 unspecified atom stereocenters. The highest BCUT2D eigenvalue weighted by molar-refractivity contribution is 7.89. The minimum Gasteiger partial charge on any atom is -0.399 e. The Labute approximate surface area is 112 Å². The van der Waals surface area contributed by atoms with E-state index in [0.717, 1.165) is 16.4 Å². The highest BCUT2D eigenvalue weighted by atomic mass is 32.2. The van der Waals surface area contributed by atoms with Crippen LogP contribution in [0.4, 0.5) is 14.5 Å². The van der Waals surface area contributed by atoms with E-state index in [0.29, 0.717) is 6.42 Å². The van der Waals surface area contributed by atoms with Crippen molar-refractivity contribution in [3.05, 3.63) is 23.8 Å². The van der Waals surface area contributed by atoms with Crippen LogP contribution in [0, 0.1) is 11.6 Å². The summed E-state index contributed by atoms with van der Waals surface area (Å²) in [4.78, 5) is -0.941. The van der Waals surface area contributed by atoms with Crippen molar-refractivity contribution in [3.8, 4) is 0 Å². The average molecular weight is 292 g/mol. The fourth-order valence-electron chi connectivity index (χ4n) is 1.82. The number of rotatable bonds is 5. The van der Waals surface area contributed by atoms with Crippen LogP contribution in [0.15, 0.2) is 17.0 Å². The van der Waals surface area contributed by atoms with E-state index in [-0.39, 0.29) is 18.3 Å². The lowest BCUT2D eigenvalue weighted by Crippen LogP contribution is -2.38. The monoisotopic (exact) mass is 292 g/mol. The zero-order valence-electron chi connectivity index (χ0n) is 11.2. The number of anilines is 1. The first kappa shape index (κ1) is 15.8. The van der Waals surface area contributed by atoms with Gasteiger partial charge in [0.15, 0.2) is 4.90 Å². The van der Waals surface area contributed by atoms with Gasteiger partial charge in [-0.25, -0.2) is 17.2 Å². The molecular weight excluding hydrogens is 274 g/mol. The van der Waals surface area contributed by atoms with Crippen molar-refractivity contribution in [2.24, 2.45) is 0 Å². The van der Waals surface area contributed by atoms with Crippen molar-refractivity contribution in [1.29, 1.82) is 0 Å². The predicted molar refractivity (Wildman–Crippen MR) is 70.1 cm³/mol. The third-order valence-corrected chi connectivity index (χ3v) is 4.73. The molecule has 0 heterocycles. The molecule has 0 spiro atoms. The molecule has 7 heteroatoms. The first-order valence-corrected chi connectivity index (χ1v) is 7.42. The lowest BCUT2D eigenvalue weighted by molar-refractivity contribution is 0.349. The molecule has 0 fully saturated rings. The van der Waals surface area contributed by atoms with Crippen molar-refractivity contribution in [3.63, 3.8) is 0 Å². The van der Waals surface area contributed by atoms with E-state index >= 15 is 0 Å². The largest absolute Gasteiger partial charge is 0.399 e. The van der Waals surface area contributed by atoms with Crippen LogP contribution in [-0.4, -0.2) is 25.3 Å². The van der Waals surface area contributed by atoms with Gasteiger partial charge in [-0.2, -0.15) is 4.31 Å². The lowest BCUT2D eigenvalue weighted by Gasteiger charge is -2.25. The second kappa shape index (κ2) is 5.83. The second-order valence-corrected chi connectivity index (χ2v) is 6.35. The molecule has 0 atom stereocenters. The van der Waals surface area contributed by atoms with Gasteiger partial charge in [0.2, 0.25) is 10.0 Å². The summed E-state index contributed by atoms with van der Waals surface area (Å²) in [6.45, 7) is 5.30. The minimum atomic E-state index is -4.21. The van der Waals surface area contributed by atoms with Gasteiger partial charge in [-0.05, 0) is 32.4 Å². The van der Waals surface area contributed by atoms with Gasteiger partial charge in [0.1, 0.15) is 11.6 Å². The number of nitrogens with zero attached hydrogens (tertiary/aromatic N) is 1. The molecule has 0 aliphatic heterocycles. The Morgan fingerprint density at radius 1 is 1.26 bits per heavy atom. The standard InChI is InChI=1S/C12H18F2N2O2S/c1-4-5-16(8(2)3)19(17,18)12-10(13)6-9(15)7-11(12)14/h6-8H,4-5,15H2,1-3H3. The van der Waals surface area contributed by atoms with E-state index in [2.05, 4.69) is 0 Å². The summed E-state index contributed by atoms with van der Waals surface area (Å²) in [5.41, 5.74) is 5.13. The highest BCUT2D eigenvalue weighted by Gasteiger charge is 2.32. The van der Waals surface area contributed by atoms with Crippen LogP contribution >= 0.6 is 0 Å². The number of hydrogen-bond acceptors (Lipinski definition) is 3. The van der Waals surface area contributed by atoms with E-state index in [1.807, 2.05) is 0 Å². The van der Waals surface area contributed by atoms with Gasteiger partial charge >= 0.3 is 0 Å². The summed E-state index contributed by atoms with van der Waals surface area (Å²) < 4.78 is 53.2. The summed E-state index contributed by atoms with van der Waals surface area (Å²) in [5, 5.41) is 0. The SMILES string of the molecule is CCCN(C(C)C)S(=O)(=O)c1c(F)cc(N)cc1F. The highest BCUT2D eigenvalue weighted by Crippen LogP contribution is 2.26. The van der Waals surface area contributed by atoms with Crippen LogP contribution in [0.25, 0.3) is 0 Å². The van der Waals surface area contributed by atoms with Crippen LogP contribution < -0.4 is 5.73 Å². The Morgan fingerprint density at radius 3 is 2.11 bits per heavy atom. The summed E-state index contributed by atoms with van der Waals surface area (Å²) in [7, 11) is -4.21. The maximum Gasteiger partial charge on any atom is 0.249 e. The van der Waals surface area contributed by atoms with E-state index < -0.39 is 26.6 Å². The van der Waals surface area contributed by atoms with Crippen LogP contribution in [0.3, 0.4) is 0 Å². The summed E-state index contributed by atoms with van der Waals surface area (Å²) >= 11 is 0. The third-order valence-electron chi connectivity index (χ3n) is 2.61. The molecule has 0 aliphatic carbocycles. The molecule has 0 bridgehead atoms. The Morgan fingerprint density at radius 2 is 1.74 bits per heavy atom. The molecule has 0 saturated carbocycles. The number of nitrogens with two attached hydrogens (primary N) is 1. The van der Waals surface area contributed by atoms with Crippen molar-refractivity contribution >= 4 is 15.7 Å². The van der Waals surface area contributed by atoms with Crippen molar-refractivity contribution in [2.75, 3.05) is 12.3 Å². The summed E-state index contributed by atoms with van der Waals surface area (Å²) in [6, 6.07) is 1.22. The molecule has 1 rings (SSSR count). The Balaban J connectivity index is 3.42. The fraction of sp³-hybridized carbons (Fsp3) is 0.500. The Bertz CT molecular complexity index is 536. The number of nitrogen functional groups attached to an aromatic ring is 1. The number of hydrogen-bond donors (Lipinski definition) is 1. The van der Waals surface area contributed by atoms with E-state index in [4.69, 9.17) is 5.73 Å². The van der Waals surface area contributed by atoms with Crippen molar-refractivity contribution in [1.82, 2.24) is 4.31 Å². The molecule has 108 valence electrons. The first-order chi connectivity index (χ1) is 8.71. The number of benzene rings is 1. The van der Waals surface area contributed by atoms with Crippen LogP contribution in [0.1, 0.15) is 27.2 Å². The van der Waals surface area contributed by atoms with Gasteiger partial charge in [0.05, 0.1) is 0 Å². The Kier molecular flexibility index (Phi) is 4.86. The summed E-state index contributed by atoms with van der Waals surface area (Å²) in [6.07, 6.45) is 0.551. The molecule has 0 aliphatic rings. The van der Waals surface area contributed by atoms with Gasteiger partial charge in [0.25, 0.3) is 0 Å². The molecule has 1 aromatic carbocycles. The van der Waals surface area contributed by atoms with Crippen molar-refractivity contribution < 1.29 is 17.2 Å². The summed E-state index contributed by atoms with van der Waals surface area (Å²) in [5.74, 6) is -2.33. The number of halogens is 2. The first-order valence-electron chi connectivity index (χ1n) is 5.98. The molecule has 0 aromatic heterocycles. The zero-order chi connectivity index (χ0) is 14.8. The minimum absolute atomic E-state index is 0.152. The maximum absolute atomic E-state index is 13.7. The lowest BCUT2D eigenvalue weighted by atomic mass is 10.3. The van der Waals surface area contributed by atoms with E-state index in [1.54, 1.807) is 20.8 Å². The quantitative estimate of drug-likeness (QED) is 0.847. The molecule has 0 amide bonds. The van der Waals surface area contributed by atoms with Crippen LogP contribution in [0.5, 0.6) is 0 Å². The van der Waals surface area contributed by atoms with Gasteiger partial charge in [-0.3, -0.25) is 0 Å². The van der Waals surface area contributed by atoms with Crippen LogP contribution in [0.2, 0.25) is 0 Å². The van der Waals surface area contributed by atoms with E-state index in [9.17, 15) is 17.2 Å². The van der Waals surface area contributed by atoms with Gasteiger partial charge in [0, 0.05) is 18.3 Å². The average Bonchev–Trinajstić information content (AvgIpc) is 2.22. The molecule has 0 saturated heterocycles. The zero-order valence-corrected chi connectivity index (χ0v) is 12.0. The third kappa shape index (κ3) is 3.22. The van der Waals surface area contributed by atoms with Gasteiger partial charge in [-0.1, -0.05) is 6.92 Å². The van der Waals surface area contributed by atoms with Crippen molar-refractivity contribution in [2.45, 2.75) is 38.1 Å². The normalized spacial score (nSPS) is 12.4. The number of sulfonamides is 1. The predicted octanol–water partition coefficient (Wildman–Crippen LogP) is 2.36. The van der Waals surface area contributed by atoms with Gasteiger partial charge in [-0.15, -0.1) is 0 Å². The molecule has 0 radical (unpaired) electrons. The molecule has 19 heavy (non-hydrogen) atoms. The molecule has 1 aromatic rings. The maximum atomic E-state index is 13.7. The van der Waals surface area contributed by atoms with Crippen LogP contribution in [-0.2, 0) is 10.0 Å². The second-order valence-electron chi connectivity index (χ2n) is 4.52. The smallest absolute Gasteiger partial charge is 0.249 e. The molecule has 4 nitrogen and oxygen atoms in total. The topological polar surface area (TPSA) is 63.4 Å².